The van der Waals surface area contributed by atoms with Crippen LogP contribution in [0.3, 0.4) is 0 Å². The Kier molecular flexibility index (Phi) is 6.15. The lowest BCUT2D eigenvalue weighted by Crippen LogP contribution is -2.12. The van der Waals surface area contributed by atoms with Crippen LogP contribution in [0, 0.1) is 13.7 Å². The molecule has 0 atom stereocenters. The van der Waals surface area contributed by atoms with Crippen molar-refractivity contribution in [1.82, 2.24) is 4.98 Å². The van der Waals surface area contributed by atoms with Crippen LogP contribution >= 0.6 is 22.6 Å². The first-order chi connectivity index (χ1) is 14.3. The Hall–Kier alpha value is -3.28. The van der Waals surface area contributed by atoms with Crippen molar-refractivity contribution in [3.8, 4) is 16.9 Å². The zero-order chi connectivity index (χ0) is 22.0. The molecule has 0 saturated carbocycles. The maximum absolute atomic E-state index is 12.8. The minimum atomic E-state index is -0.786. The minimum Gasteiger partial charge on any atom is -0.495 e. The Balaban J connectivity index is 2.58. The van der Waals surface area contributed by atoms with Gasteiger partial charge in [0.2, 0.25) is 0 Å². The summed E-state index contributed by atoms with van der Waals surface area (Å²) in [7, 11) is 3.68. The number of hydrogen-bond donors (Lipinski definition) is 0. The normalized spacial score (nSPS) is 10.5. The van der Waals surface area contributed by atoms with Crippen molar-refractivity contribution in [2.75, 3.05) is 21.3 Å². The molecule has 10 heteroatoms. The van der Waals surface area contributed by atoms with Crippen LogP contribution in [0.1, 0.15) is 20.7 Å². The van der Waals surface area contributed by atoms with E-state index < -0.39 is 16.9 Å². The van der Waals surface area contributed by atoms with Gasteiger partial charge in [0.25, 0.3) is 5.69 Å². The van der Waals surface area contributed by atoms with Crippen molar-refractivity contribution < 1.29 is 28.7 Å². The van der Waals surface area contributed by atoms with Crippen molar-refractivity contribution in [3.63, 3.8) is 0 Å². The first-order valence-electron chi connectivity index (χ1n) is 8.45. The van der Waals surface area contributed by atoms with Crippen molar-refractivity contribution in [2.45, 2.75) is 0 Å². The highest BCUT2D eigenvalue weighted by molar-refractivity contribution is 14.1. The number of para-hydroxylation sites is 1. The van der Waals surface area contributed by atoms with Gasteiger partial charge < -0.3 is 14.2 Å². The molecule has 0 fully saturated rings. The number of hydrogen-bond acceptors (Lipinski definition) is 8. The zero-order valence-electron chi connectivity index (χ0n) is 16.1. The van der Waals surface area contributed by atoms with Crippen LogP contribution in [0.15, 0.2) is 36.5 Å². The Morgan fingerprint density at radius 2 is 1.77 bits per heavy atom. The summed E-state index contributed by atoms with van der Waals surface area (Å²) in [6.45, 7) is 0. The molecule has 0 amide bonds. The fourth-order valence-electron chi connectivity index (χ4n) is 3.19. The number of nitro groups is 1. The molecule has 154 valence electrons. The summed E-state index contributed by atoms with van der Waals surface area (Å²) >= 11 is 1.99. The number of carbonyl (C=O) groups is 2. The van der Waals surface area contributed by atoms with E-state index in [4.69, 9.17) is 14.2 Å². The maximum Gasteiger partial charge on any atom is 0.342 e. The average molecular weight is 522 g/mol. The molecule has 9 nitrogen and oxygen atoms in total. The molecule has 30 heavy (non-hydrogen) atoms. The summed E-state index contributed by atoms with van der Waals surface area (Å²) in [6.07, 6.45) is 1.50. The highest BCUT2D eigenvalue weighted by Crippen LogP contribution is 2.42. The zero-order valence-corrected chi connectivity index (χ0v) is 18.3. The van der Waals surface area contributed by atoms with Gasteiger partial charge >= 0.3 is 11.9 Å². The van der Waals surface area contributed by atoms with Crippen LogP contribution in [0.5, 0.6) is 5.75 Å². The fourth-order valence-corrected chi connectivity index (χ4v) is 3.89. The van der Waals surface area contributed by atoms with E-state index in [2.05, 4.69) is 4.98 Å². The number of benzene rings is 2. The average Bonchev–Trinajstić information content (AvgIpc) is 2.76. The van der Waals surface area contributed by atoms with Gasteiger partial charge in [-0.05, 0) is 34.7 Å². The molecule has 0 spiro atoms. The smallest absolute Gasteiger partial charge is 0.342 e. The largest absolute Gasteiger partial charge is 0.495 e. The van der Waals surface area contributed by atoms with Gasteiger partial charge in [0.05, 0.1) is 37.3 Å². The van der Waals surface area contributed by atoms with Gasteiger partial charge in [-0.2, -0.15) is 0 Å². The molecule has 2 aromatic carbocycles. The number of fused-ring (bicyclic) bond motifs is 1. The van der Waals surface area contributed by atoms with Crippen molar-refractivity contribution in [3.05, 3.63) is 61.3 Å². The topological polar surface area (TPSA) is 118 Å². The van der Waals surface area contributed by atoms with Crippen LogP contribution in [0.25, 0.3) is 22.0 Å². The molecule has 0 unspecified atom stereocenters. The van der Waals surface area contributed by atoms with Crippen LogP contribution in [-0.2, 0) is 9.47 Å². The van der Waals surface area contributed by atoms with Gasteiger partial charge in [0.1, 0.15) is 16.9 Å². The number of rotatable bonds is 5. The second-order valence-corrected chi connectivity index (χ2v) is 7.13. The number of methoxy groups -OCH3 is 3. The number of nitro benzene ring substituents is 1. The first kappa shape index (κ1) is 21.4. The summed E-state index contributed by atoms with van der Waals surface area (Å²) in [5.74, 6) is -1.58. The molecule has 1 aromatic heterocycles. The second kappa shape index (κ2) is 8.61. The van der Waals surface area contributed by atoms with E-state index in [0.29, 0.717) is 9.13 Å². The van der Waals surface area contributed by atoms with Gasteiger partial charge in [0, 0.05) is 26.8 Å². The first-order valence-corrected chi connectivity index (χ1v) is 9.53. The van der Waals surface area contributed by atoms with Gasteiger partial charge in [0.15, 0.2) is 0 Å². The summed E-state index contributed by atoms with van der Waals surface area (Å²) in [5, 5.41) is 11.9. The Bertz CT molecular complexity index is 1190. The summed E-state index contributed by atoms with van der Waals surface area (Å²) in [6, 6.07) is 7.57. The molecule has 0 aliphatic heterocycles. The SMILES string of the molecule is COC(=O)c1cc2ncc(I)c(-c3ccccc3[N+](=O)[O-])c2c(C(=O)OC)c1OC. The Morgan fingerprint density at radius 1 is 1.10 bits per heavy atom. The predicted octanol–water partition coefficient (Wildman–Crippen LogP) is 4.00. The van der Waals surface area contributed by atoms with Crippen LogP contribution < -0.4 is 4.74 Å². The third-order valence-electron chi connectivity index (χ3n) is 4.43. The lowest BCUT2D eigenvalue weighted by Gasteiger charge is -2.17. The second-order valence-electron chi connectivity index (χ2n) is 5.97. The van der Waals surface area contributed by atoms with E-state index >= 15 is 0 Å². The van der Waals surface area contributed by atoms with Gasteiger partial charge in [-0.15, -0.1) is 0 Å². The van der Waals surface area contributed by atoms with Gasteiger partial charge in [-0.25, -0.2) is 9.59 Å². The fraction of sp³-hybridized carbons (Fsp3) is 0.150. The molecule has 0 aliphatic rings. The molecule has 0 saturated heterocycles. The minimum absolute atomic E-state index is 0.0184. The van der Waals surface area contributed by atoms with E-state index in [9.17, 15) is 19.7 Å². The van der Waals surface area contributed by atoms with Gasteiger partial charge in [-0.1, -0.05) is 12.1 Å². The lowest BCUT2D eigenvalue weighted by atomic mass is 9.94. The number of aromatic nitrogens is 1. The molecular weight excluding hydrogens is 507 g/mol. The highest BCUT2D eigenvalue weighted by atomic mass is 127. The lowest BCUT2D eigenvalue weighted by molar-refractivity contribution is -0.384. The number of esters is 2. The number of halogens is 1. The molecular formula is C20H15IN2O7. The predicted molar refractivity (Wildman–Crippen MR) is 116 cm³/mol. The number of nitrogens with zero attached hydrogens (tertiary/aromatic N) is 2. The molecule has 3 rings (SSSR count). The van der Waals surface area contributed by atoms with Crippen molar-refractivity contribution >= 4 is 51.1 Å². The molecule has 0 aliphatic carbocycles. The molecule has 3 aromatic rings. The van der Waals surface area contributed by atoms with Crippen LogP contribution in [-0.4, -0.2) is 43.2 Å². The molecule has 0 bridgehead atoms. The summed E-state index contributed by atoms with van der Waals surface area (Å²) in [5.41, 5.74) is 0.715. The monoisotopic (exact) mass is 522 g/mol. The Morgan fingerprint density at radius 3 is 2.37 bits per heavy atom. The summed E-state index contributed by atoms with van der Waals surface area (Å²) < 4.78 is 15.7. The van der Waals surface area contributed by atoms with Crippen molar-refractivity contribution in [1.29, 1.82) is 0 Å². The highest BCUT2D eigenvalue weighted by Gasteiger charge is 2.30. The molecule has 1 heterocycles. The standard InChI is InChI=1S/C20H15IN2O7/c1-28-18-11(19(24)29-2)8-13-16(17(18)20(25)30-3)15(12(21)9-22-13)10-6-4-5-7-14(10)23(26)27/h4-9H,1-3H3. The van der Waals surface area contributed by atoms with Crippen LogP contribution in [0.2, 0.25) is 0 Å². The van der Waals surface area contributed by atoms with Crippen molar-refractivity contribution in [2.24, 2.45) is 0 Å². The van der Waals surface area contributed by atoms with E-state index in [0.717, 1.165) is 0 Å². The van der Waals surface area contributed by atoms with E-state index in [1.807, 2.05) is 22.6 Å². The number of carbonyl (C=O) groups excluding carboxylic acids is 2. The van der Waals surface area contributed by atoms with E-state index in [1.165, 1.54) is 39.7 Å². The van der Waals surface area contributed by atoms with Gasteiger partial charge in [-0.3, -0.25) is 15.1 Å². The quantitative estimate of drug-likeness (QED) is 0.214. The van der Waals surface area contributed by atoms with Crippen LogP contribution in [0.4, 0.5) is 5.69 Å². The molecule has 0 N–H and O–H groups in total. The summed E-state index contributed by atoms with van der Waals surface area (Å²) in [4.78, 5) is 40.5. The third kappa shape index (κ3) is 3.54. The maximum atomic E-state index is 12.8. The van der Waals surface area contributed by atoms with E-state index in [1.54, 1.807) is 18.2 Å². The number of ether oxygens (including phenoxy) is 3. The third-order valence-corrected chi connectivity index (χ3v) is 5.25. The molecule has 0 radical (unpaired) electrons. The Labute approximate surface area is 184 Å². The number of pyridine rings is 1. The van der Waals surface area contributed by atoms with E-state index in [-0.39, 0.29) is 39.0 Å².